The van der Waals surface area contributed by atoms with Crippen LogP contribution in [0.3, 0.4) is 0 Å². The fraction of sp³-hybridized carbons (Fsp3) is 0.263. The number of aryl methyl sites for hydroxylation is 1. The summed E-state index contributed by atoms with van der Waals surface area (Å²) in [5, 5.41) is 6.02. The Labute approximate surface area is 137 Å². The molecule has 0 radical (unpaired) electrons. The predicted molar refractivity (Wildman–Crippen MR) is 93.7 cm³/mol. The molecule has 0 spiro atoms. The van der Waals surface area contributed by atoms with Crippen molar-refractivity contribution in [3.05, 3.63) is 65.2 Å². The molecule has 2 aromatic rings. The van der Waals surface area contributed by atoms with Gasteiger partial charge in [-0.15, -0.1) is 0 Å². The zero-order valence-corrected chi connectivity index (χ0v) is 13.7. The Morgan fingerprint density at radius 3 is 2.30 bits per heavy atom. The first-order valence-electron chi connectivity index (χ1n) is 7.74. The van der Waals surface area contributed by atoms with Crippen molar-refractivity contribution in [3.63, 3.8) is 0 Å². The largest absolute Gasteiger partial charge is 0.378 e. The highest BCUT2D eigenvalue weighted by molar-refractivity contribution is 6.02. The molecule has 1 amide bonds. The van der Waals surface area contributed by atoms with Gasteiger partial charge < -0.3 is 4.90 Å². The molecule has 1 heterocycles. The fourth-order valence-electron chi connectivity index (χ4n) is 2.81. The molecular formula is C19H21N3O. The van der Waals surface area contributed by atoms with Gasteiger partial charge in [0, 0.05) is 26.2 Å². The number of amides is 1. The molecule has 3 rings (SSSR count). The van der Waals surface area contributed by atoms with Crippen LogP contribution >= 0.6 is 0 Å². The summed E-state index contributed by atoms with van der Waals surface area (Å²) < 4.78 is 0. The quantitative estimate of drug-likeness (QED) is 0.812. The van der Waals surface area contributed by atoms with E-state index in [2.05, 4.69) is 65.5 Å². The van der Waals surface area contributed by atoms with E-state index in [-0.39, 0.29) is 6.04 Å². The van der Waals surface area contributed by atoms with Gasteiger partial charge in [0.05, 0.1) is 11.8 Å². The molecule has 0 N–H and O–H groups in total. The molecule has 0 bridgehead atoms. The number of hydrazone groups is 1. The third-order valence-electron chi connectivity index (χ3n) is 4.23. The van der Waals surface area contributed by atoms with Crippen molar-refractivity contribution in [2.75, 3.05) is 19.0 Å². The molecule has 0 unspecified atom stereocenters. The van der Waals surface area contributed by atoms with E-state index in [9.17, 15) is 4.79 Å². The molecule has 0 saturated heterocycles. The van der Waals surface area contributed by atoms with Gasteiger partial charge in [-0.3, -0.25) is 4.79 Å². The molecule has 4 nitrogen and oxygen atoms in total. The number of rotatable bonds is 4. The van der Waals surface area contributed by atoms with Crippen molar-refractivity contribution in [3.8, 4) is 0 Å². The fourth-order valence-corrected chi connectivity index (χ4v) is 2.81. The van der Waals surface area contributed by atoms with Crippen LogP contribution in [0.2, 0.25) is 0 Å². The second kappa shape index (κ2) is 6.24. The van der Waals surface area contributed by atoms with E-state index in [0.29, 0.717) is 0 Å². The lowest BCUT2D eigenvalue weighted by Crippen LogP contribution is -2.17. The molecule has 0 fully saturated rings. The van der Waals surface area contributed by atoms with Gasteiger partial charge in [0.25, 0.3) is 0 Å². The highest BCUT2D eigenvalue weighted by Gasteiger charge is 2.28. The van der Waals surface area contributed by atoms with E-state index in [4.69, 9.17) is 0 Å². The molecular weight excluding hydrogens is 286 g/mol. The zero-order valence-electron chi connectivity index (χ0n) is 13.7. The van der Waals surface area contributed by atoms with Gasteiger partial charge in [0.15, 0.2) is 0 Å². The summed E-state index contributed by atoms with van der Waals surface area (Å²) in [7, 11) is 4.03. The van der Waals surface area contributed by atoms with Crippen molar-refractivity contribution in [1.82, 2.24) is 5.01 Å². The minimum absolute atomic E-state index is 0.0278. The van der Waals surface area contributed by atoms with E-state index in [1.54, 1.807) is 0 Å². The molecule has 23 heavy (non-hydrogen) atoms. The van der Waals surface area contributed by atoms with Crippen LogP contribution in [0.1, 0.15) is 29.2 Å². The Kier molecular flexibility index (Phi) is 4.15. The SMILES string of the molecule is Cc1ccc(C2=NN(C=O)[C@H](c3ccc(N(C)C)cc3)C2)cc1. The summed E-state index contributed by atoms with van der Waals surface area (Å²) in [6, 6.07) is 16.5. The van der Waals surface area contributed by atoms with Gasteiger partial charge in [0.2, 0.25) is 6.41 Å². The number of hydrogen-bond acceptors (Lipinski definition) is 3. The molecule has 2 aromatic carbocycles. The van der Waals surface area contributed by atoms with Crippen LogP contribution in [0.15, 0.2) is 53.6 Å². The second-order valence-electron chi connectivity index (χ2n) is 6.10. The standard InChI is InChI=1S/C19H21N3O/c1-14-4-6-15(7-5-14)18-12-19(22(13-23)20-18)16-8-10-17(11-9-16)21(2)3/h4-11,13,19H,12H2,1-3H3/t19-/m0/s1. The molecule has 1 aliphatic heterocycles. The first-order valence-corrected chi connectivity index (χ1v) is 7.74. The van der Waals surface area contributed by atoms with Gasteiger partial charge in [-0.2, -0.15) is 5.10 Å². The van der Waals surface area contributed by atoms with E-state index >= 15 is 0 Å². The Morgan fingerprint density at radius 1 is 1.09 bits per heavy atom. The summed E-state index contributed by atoms with van der Waals surface area (Å²) in [4.78, 5) is 13.5. The van der Waals surface area contributed by atoms with E-state index in [1.165, 1.54) is 10.6 Å². The monoisotopic (exact) mass is 307 g/mol. The van der Waals surface area contributed by atoms with Gasteiger partial charge in [0.1, 0.15) is 0 Å². The summed E-state index contributed by atoms with van der Waals surface area (Å²) >= 11 is 0. The Balaban J connectivity index is 1.84. The molecule has 0 saturated carbocycles. The van der Waals surface area contributed by atoms with Crippen molar-refractivity contribution in [2.24, 2.45) is 5.10 Å². The Hall–Kier alpha value is -2.62. The first-order chi connectivity index (χ1) is 11.1. The highest BCUT2D eigenvalue weighted by atomic mass is 16.1. The lowest BCUT2D eigenvalue weighted by atomic mass is 9.98. The van der Waals surface area contributed by atoms with Crippen molar-refractivity contribution in [2.45, 2.75) is 19.4 Å². The number of anilines is 1. The number of benzene rings is 2. The molecule has 0 aromatic heterocycles. The van der Waals surface area contributed by atoms with Crippen LogP contribution in [0.25, 0.3) is 0 Å². The van der Waals surface area contributed by atoms with Crippen molar-refractivity contribution < 1.29 is 4.79 Å². The smallest absolute Gasteiger partial charge is 0.230 e. The van der Waals surface area contributed by atoms with Crippen LogP contribution in [0, 0.1) is 6.92 Å². The predicted octanol–water partition coefficient (Wildman–Crippen LogP) is 3.37. The maximum absolute atomic E-state index is 11.4. The number of nitrogens with zero attached hydrogens (tertiary/aromatic N) is 3. The zero-order chi connectivity index (χ0) is 16.4. The third-order valence-corrected chi connectivity index (χ3v) is 4.23. The lowest BCUT2D eigenvalue weighted by Gasteiger charge is -2.19. The van der Waals surface area contributed by atoms with E-state index < -0.39 is 0 Å². The molecule has 4 heteroatoms. The first kappa shape index (κ1) is 15.3. The van der Waals surface area contributed by atoms with Crippen molar-refractivity contribution >= 4 is 17.8 Å². The minimum Gasteiger partial charge on any atom is -0.378 e. The Bertz CT molecular complexity index is 717. The molecule has 1 aliphatic rings. The summed E-state index contributed by atoms with van der Waals surface area (Å²) in [5.41, 5.74) is 5.50. The lowest BCUT2D eigenvalue weighted by molar-refractivity contribution is -0.119. The third kappa shape index (κ3) is 3.11. The highest BCUT2D eigenvalue weighted by Crippen LogP contribution is 2.32. The van der Waals surface area contributed by atoms with Gasteiger partial charge in [-0.05, 0) is 30.2 Å². The Morgan fingerprint density at radius 2 is 1.74 bits per heavy atom. The topological polar surface area (TPSA) is 35.9 Å². The maximum Gasteiger partial charge on any atom is 0.230 e. The van der Waals surface area contributed by atoms with Crippen LogP contribution < -0.4 is 4.90 Å². The number of hydrogen-bond donors (Lipinski definition) is 0. The number of carbonyl (C=O) groups excluding carboxylic acids is 1. The minimum atomic E-state index is -0.0278. The summed E-state index contributed by atoms with van der Waals surface area (Å²) in [6.45, 7) is 2.06. The number of carbonyl (C=O) groups is 1. The maximum atomic E-state index is 11.4. The summed E-state index contributed by atoms with van der Waals surface area (Å²) in [5.74, 6) is 0. The normalized spacial score (nSPS) is 17.1. The van der Waals surface area contributed by atoms with Gasteiger partial charge >= 0.3 is 0 Å². The van der Waals surface area contributed by atoms with Crippen molar-refractivity contribution in [1.29, 1.82) is 0 Å². The molecule has 1 atom stereocenters. The molecule has 0 aliphatic carbocycles. The van der Waals surface area contributed by atoms with E-state index in [0.717, 1.165) is 35.4 Å². The van der Waals surface area contributed by atoms with Crippen LogP contribution in [0.5, 0.6) is 0 Å². The van der Waals surface area contributed by atoms with Crippen LogP contribution in [-0.4, -0.2) is 31.2 Å². The average Bonchev–Trinajstić information content (AvgIpc) is 3.00. The average molecular weight is 307 g/mol. The second-order valence-corrected chi connectivity index (χ2v) is 6.10. The van der Waals surface area contributed by atoms with Crippen LogP contribution in [-0.2, 0) is 4.79 Å². The summed E-state index contributed by atoms with van der Waals surface area (Å²) in [6.07, 6.45) is 1.55. The van der Waals surface area contributed by atoms with Gasteiger partial charge in [-0.25, -0.2) is 5.01 Å². The molecule has 118 valence electrons. The van der Waals surface area contributed by atoms with Gasteiger partial charge in [-0.1, -0.05) is 42.0 Å². The van der Waals surface area contributed by atoms with Crippen LogP contribution in [0.4, 0.5) is 5.69 Å². The van der Waals surface area contributed by atoms with E-state index in [1.807, 2.05) is 14.1 Å².